The Kier molecular flexibility index (Phi) is 9.92. The predicted molar refractivity (Wildman–Crippen MR) is 110 cm³/mol. The number of hydrogen-bond donors (Lipinski definition) is 2. The molecule has 0 atom stereocenters. The van der Waals surface area contributed by atoms with Crippen LogP contribution in [0.5, 0.6) is 0 Å². The van der Waals surface area contributed by atoms with Crippen molar-refractivity contribution in [2.45, 2.75) is 25.4 Å². The lowest BCUT2D eigenvalue weighted by molar-refractivity contribution is -0.140. The molecule has 2 rings (SSSR count). The second-order valence-electron chi connectivity index (χ2n) is 5.39. The van der Waals surface area contributed by atoms with Gasteiger partial charge in [-0.05, 0) is 18.4 Å². The third-order valence-electron chi connectivity index (χ3n) is 3.47. The average molecular weight is 498 g/mol. The van der Waals surface area contributed by atoms with Crippen molar-refractivity contribution in [2.75, 3.05) is 20.1 Å². The number of aliphatic imine (C=N–C) groups is 1. The Morgan fingerprint density at radius 1 is 1.12 bits per heavy atom. The fourth-order valence-electron chi connectivity index (χ4n) is 2.21. The zero-order chi connectivity index (χ0) is 18.1. The maximum absolute atomic E-state index is 12.5. The fraction of sp³-hybridized carbons (Fsp3) is 0.412. The highest BCUT2D eigenvalue weighted by molar-refractivity contribution is 14.0. The van der Waals surface area contributed by atoms with E-state index in [1.54, 1.807) is 7.05 Å². The van der Waals surface area contributed by atoms with Gasteiger partial charge < -0.3 is 10.6 Å². The Morgan fingerprint density at radius 2 is 1.81 bits per heavy atom. The van der Waals surface area contributed by atoms with E-state index in [4.69, 9.17) is 0 Å². The summed E-state index contributed by atoms with van der Waals surface area (Å²) in [5, 5.41) is 7.79. The van der Waals surface area contributed by atoms with E-state index in [9.17, 15) is 13.2 Å². The van der Waals surface area contributed by atoms with Gasteiger partial charge in [0, 0.05) is 31.9 Å². The summed E-state index contributed by atoms with van der Waals surface area (Å²) in [5.41, 5.74) is 0.465. The Hall–Kier alpha value is -1.36. The van der Waals surface area contributed by atoms with E-state index in [2.05, 4.69) is 32.7 Å². The lowest BCUT2D eigenvalue weighted by atomic mass is 10.1. The molecule has 0 fully saturated rings. The summed E-state index contributed by atoms with van der Waals surface area (Å²) < 4.78 is 37.5. The van der Waals surface area contributed by atoms with Gasteiger partial charge in [-0.25, -0.2) is 4.98 Å². The lowest BCUT2D eigenvalue weighted by Crippen LogP contribution is -2.38. The van der Waals surface area contributed by atoms with Gasteiger partial charge in [0.05, 0.1) is 5.01 Å². The van der Waals surface area contributed by atoms with Crippen LogP contribution in [0.2, 0.25) is 0 Å². The number of nitrogens with one attached hydrogen (secondary N) is 2. The molecule has 0 spiro atoms. The number of hydrogen-bond acceptors (Lipinski definition) is 3. The van der Waals surface area contributed by atoms with E-state index >= 15 is 0 Å². The zero-order valence-electron chi connectivity index (χ0n) is 14.3. The molecule has 0 saturated carbocycles. The molecule has 9 heteroatoms. The van der Waals surface area contributed by atoms with Gasteiger partial charge in [0.1, 0.15) is 0 Å². The van der Waals surface area contributed by atoms with Gasteiger partial charge in [-0.2, -0.15) is 13.2 Å². The second kappa shape index (κ2) is 11.4. The van der Waals surface area contributed by atoms with Crippen molar-refractivity contribution >= 4 is 41.3 Å². The maximum atomic E-state index is 12.5. The van der Waals surface area contributed by atoms with Gasteiger partial charge in [0.2, 0.25) is 0 Å². The Morgan fingerprint density at radius 3 is 2.42 bits per heavy atom. The molecule has 26 heavy (non-hydrogen) atoms. The smallest absolute Gasteiger partial charge is 0.356 e. The van der Waals surface area contributed by atoms with Crippen LogP contribution in [0.1, 0.15) is 22.7 Å². The molecule has 2 N–H and O–H groups in total. The third-order valence-corrected chi connectivity index (χ3v) is 4.38. The van der Waals surface area contributed by atoms with Crippen LogP contribution in [0.25, 0.3) is 0 Å². The highest BCUT2D eigenvalue weighted by Gasteiger charge is 2.33. The van der Waals surface area contributed by atoms with Crippen LogP contribution < -0.4 is 10.6 Å². The summed E-state index contributed by atoms with van der Waals surface area (Å²) in [5.74, 6) is 0.640. The molecule has 1 aromatic carbocycles. The molecule has 0 amide bonds. The number of halogens is 4. The largest absolute Gasteiger partial charge is 0.434 e. The van der Waals surface area contributed by atoms with E-state index < -0.39 is 11.9 Å². The first-order valence-electron chi connectivity index (χ1n) is 7.99. The SMILES string of the molecule is CN=C(NCCCc1ccccc1)NCCc1nc(C(F)(F)F)cs1.I. The summed E-state index contributed by atoms with van der Waals surface area (Å²) in [4.78, 5) is 7.71. The van der Waals surface area contributed by atoms with Crippen LogP contribution in [-0.2, 0) is 19.0 Å². The molecule has 0 aliphatic heterocycles. The minimum Gasteiger partial charge on any atom is -0.356 e. The summed E-state index contributed by atoms with van der Waals surface area (Å²) in [6.07, 6.45) is -2.01. The fourth-order valence-corrected chi connectivity index (χ4v) is 3.01. The molecule has 1 aromatic heterocycles. The third kappa shape index (κ3) is 7.90. The van der Waals surface area contributed by atoms with Crippen LogP contribution in [-0.4, -0.2) is 31.1 Å². The summed E-state index contributed by atoms with van der Waals surface area (Å²) >= 11 is 1.02. The monoisotopic (exact) mass is 498 g/mol. The molecule has 0 bridgehead atoms. The number of aryl methyl sites for hydroxylation is 1. The van der Waals surface area contributed by atoms with Crippen molar-refractivity contribution in [1.29, 1.82) is 0 Å². The first-order valence-corrected chi connectivity index (χ1v) is 8.87. The zero-order valence-corrected chi connectivity index (χ0v) is 17.5. The molecular formula is C17H22F3IN4S. The van der Waals surface area contributed by atoms with E-state index in [1.807, 2.05) is 18.2 Å². The van der Waals surface area contributed by atoms with Crippen LogP contribution in [0.3, 0.4) is 0 Å². The van der Waals surface area contributed by atoms with Crippen molar-refractivity contribution in [3.8, 4) is 0 Å². The predicted octanol–water partition coefficient (Wildman–Crippen LogP) is 4.12. The first-order chi connectivity index (χ1) is 12.0. The first kappa shape index (κ1) is 22.7. The molecular weight excluding hydrogens is 476 g/mol. The number of benzene rings is 1. The second-order valence-corrected chi connectivity index (χ2v) is 6.33. The van der Waals surface area contributed by atoms with Crippen molar-refractivity contribution in [3.63, 3.8) is 0 Å². The number of alkyl halides is 3. The van der Waals surface area contributed by atoms with E-state index in [0.717, 1.165) is 36.1 Å². The van der Waals surface area contributed by atoms with Crippen molar-refractivity contribution < 1.29 is 13.2 Å². The van der Waals surface area contributed by atoms with E-state index in [1.165, 1.54) is 5.56 Å². The highest BCUT2D eigenvalue weighted by atomic mass is 127. The van der Waals surface area contributed by atoms with Crippen LogP contribution in [0, 0.1) is 0 Å². The van der Waals surface area contributed by atoms with Gasteiger partial charge >= 0.3 is 6.18 Å². The Bertz CT molecular complexity index is 674. The van der Waals surface area contributed by atoms with Gasteiger partial charge in [-0.1, -0.05) is 30.3 Å². The highest BCUT2D eigenvalue weighted by Crippen LogP contribution is 2.29. The van der Waals surface area contributed by atoms with Gasteiger partial charge in [-0.3, -0.25) is 4.99 Å². The van der Waals surface area contributed by atoms with Gasteiger partial charge in [0.25, 0.3) is 0 Å². The summed E-state index contributed by atoms with van der Waals surface area (Å²) in [6, 6.07) is 10.2. The summed E-state index contributed by atoms with van der Waals surface area (Å²) in [6.45, 7) is 1.24. The van der Waals surface area contributed by atoms with E-state index in [0.29, 0.717) is 23.9 Å². The number of thiazole rings is 1. The van der Waals surface area contributed by atoms with Crippen molar-refractivity contribution in [2.24, 2.45) is 4.99 Å². The summed E-state index contributed by atoms with van der Waals surface area (Å²) in [7, 11) is 1.66. The molecule has 0 unspecified atom stereocenters. The molecule has 144 valence electrons. The minimum atomic E-state index is -4.38. The Balaban J connectivity index is 0.00000338. The molecule has 0 aliphatic carbocycles. The Labute approximate surface area is 172 Å². The molecule has 1 heterocycles. The van der Waals surface area contributed by atoms with E-state index in [-0.39, 0.29) is 24.0 Å². The normalized spacial score (nSPS) is 11.8. The number of guanidine groups is 1. The lowest BCUT2D eigenvalue weighted by Gasteiger charge is -2.11. The molecule has 2 aromatic rings. The standard InChI is InChI=1S/C17H21F3N4S.HI/c1-21-16(22-10-5-8-13-6-3-2-4-7-13)23-11-9-15-24-14(12-25-15)17(18,19)20;/h2-4,6-7,12H,5,8-11H2,1H3,(H2,21,22,23);1H. The maximum Gasteiger partial charge on any atom is 0.434 e. The topological polar surface area (TPSA) is 49.3 Å². The van der Waals surface area contributed by atoms with Crippen LogP contribution in [0.15, 0.2) is 40.7 Å². The van der Waals surface area contributed by atoms with Gasteiger partial charge in [-0.15, -0.1) is 35.3 Å². The number of aromatic nitrogens is 1. The number of nitrogens with zero attached hydrogens (tertiary/aromatic N) is 2. The molecule has 4 nitrogen and oxygen atoms in total. The van der Waals surface area contributed by atoms with Gasteiger partial charge in [0.15, 0.2) is 11.7 Å². The molecule has 0 aliphatic rings. The quantitative estimate of drug-likeness (QED) is 0.262. The number of rotatable bonds is 7. The molecule has 0 radical (unpaired) electrons. The van der Waals surface area contributed by atoms with Crippen molar-refractivity contribution in [1.82, 2.24) is 15.6 Å². The average Bonchev–Trinajstić information content (AvgIpc) is 3.07. The van der Waals surface area contributed by atoms with Crippen molar-refractivity contribution in [3.05, 3.63) is 52.0 Å². The minimum absolute atomic E-state index is 0. The van der Waals surface area contributed by atoms with Crippen LogP contribution in [0.4, 0.5) is 13.2 Å². The van der Waals surface area contributed by atoms with Crippen LogP contribution >= 0.6 is 35.3 Å². The molecule has 0 saturated heterocycles.